The van der Waals surface area contributed by atoms with Crippen LogP contribution >= 0.6 is 0 Å². The lowest BCUT2D eigenvalue weighted by Crippen LogP contribution is -2.16. The van der Waals surface area contributed by atoms with Crippen LogP contribution in [0.2, 0.25) is 0 Å². The predicted octanol–water partition coefficient (Wildman–Crippen LogP) is 1.92. The summed E-state index contributed by atoms with van der Waals surface area (Å²) in [5.41, 5.74) is 8.67. The van der Waals surface area contributed by atoms with Crippen LogP contribution in [0, 0.1) is 12.3 Å². The van der Waals surface area contributed by atoms with Crippen molar-refractivity contribution in [3.8, 4) is 17.1 Å². The lowest BCUT2D eigenvalue weighted by molar-refractivity contribution is 0.799. The minimum Gasteiger partial charge on any atom is -0.382 e. The third-order valence-electron chi connectivity index (χ3n) is 3.01. The second kappa shape index (κ2) is 5.16. The van der Waals surface area contributed by atoms with Crippen molar-refractivity contribution >= 4 is 5.84 Å². The fourth-order valence-corrected chi connectivity index (χ4v) is 2.01. The molecule has 0 spiro atoms. The molecule has 3 rings (SSSR count). The van der Waals surface area contributed by atoms with Gasteiger partial charge in [0.25, 0.3) is 5.95 Å². The van der Waals surface area contributed by atoms with E-state index in [1.807, 2.05) is 43.5 Å². The van der Waals surface area contributed by atoms with Crippen molar-refractivity contribution in [1.29, 1.82) is 5.41 Å². The number of hydrogen-bond donors (Lipinski definition) is 2. The van der Waals surface area contributed by atoms with Gasteiger partial charge in [0.2, 0.25) is 0 Å². The highest BCUT2D eigenvalue weighted by Gasteiger charge is 2.09. The molecular formula is C15H14N6. The summed E-state index contributed by atoms with van der Waals surface area (Å²) in [6.07, 6.45) is 3.61. The zero-order valence-electron chi connectivity index (χ0n) is 11.5. The van der Waals surface area contributed by atoms with Gasteiger partial charge in [0.05, 0.1) is 6.20 Å². The highest BCUT2D eigenvalue weighted by molar-refractivity contribution is 5.93. The summed E-state index contributed by atoms with van der Waals surface area (Å²) in [7, 11) is 0. The molecule has 104 valence electrons. The Kier molecular flexibility index (Phi) is 3.19. The summed E-state index contributed by atoms with van der Waals surface area (Å²) in [4.78, 5) is 8.58. The summed E-state index contributed by atoms with van der Waals surface area (Å²) < 4.78 is 1.59. The monoisotopic (exact) mass is 278 g/mol. The molecule has 2 aromatic heterocycles. The maximum Gasteiger partial charge on any atom is 0.251 e. The van der Waals surface area contributed by atoms with Crippen molar-refractivity contribution in [3.63, 3.8) is 0 Å². The van der Waals surface area contributed by atoms with Crippen LogP contribution in [-0.4, -0.2) is 25.6 Å². The first-order valence-electron chi connectivity index (χ1n) is 6.44. The van der Waals surface area contributed by atoms with Gasteiger partial charge >= 0.3 is 0 Å². The molecule has 0 radical (unpaired) electrons. The Morgan fingerprint density at radius 1 is 1.14 bits per heavy atom. The molecule has 0 amide bonds. The van der Waals surface area contributed by atoms with E-state index in [2.05, 4.69) is 15.1 Å². The van der Waals surface area contributed by atoms with Gasteiger partial charge in [0.1, 0.15) is 11.5 Å². The second-order valence-electron chi connectivity index (χ2n) is 4.65. The Morgan fingerprint density at radius 3 is 2.62 bits per heavy atom. The fraction of sp³-hybridized carbons (Fsp3) is 0.0667. The topological polar surface area (TPSA) is 93.5 Å². The largest absolute Gasteiger partial charge is 0.382 e. The molecule has 0 unspecified atom stereocenters. The first kappa shape index (κ1) is 13.0. The Balaban J connectivity index is 2.02. The Bertz CT molecular complexity index is 791. The molecule has 0 aliphatic rings. The van der Waals surface area contributed by atoms with Gasteiger partial charge in [-0.2, -0.15) is 5.10 Å². The van der Waals surface area contributed by atoms with Gasteiger partial charge in [0.15, 0.2) is 0 Å². The number of nitrogen functional groups attached to an aromatic ring is 1. The van der Waals surface area contributed by atoms with Gasteiger partial charge in [-0.1, -0.05) is 30.3 Å². The predicted molar refractivity (Wildman–Crippen MR) is 80.3 cm³/mol. The number of nitrogens with one attached hydrogen (secondary N) is 1. The molecule has 1 aromatic carbocycles. The quantitative estimate of drug-likeness (QED) is 0.565. The van der Waals surface area contributed by atoms with Gasteiger partial charge in [-0.3, -0.25) is 5.41 Å². The number of aromatic nitrogens is 4. The SMILES string of the molecule is Cc1cc(C(=N)N)nc(-n2cc(-c3ccccc3)cn2)n1. The maximum atomic E-state index is 7.49. The molecule has 21 heavy (non-hydrogen) atoms. The molecule has 0 aliphatic carbocycles. The molecule has 6 nitrogen and oxygen atoms in total. The molecule has 0 saturated heterocycles. The zero-order valence-corrected chi connectivity index (χ0v) is 11.5. The summed E-state index contributed by atoms with van der Waals surface area (Å²) in [6.45, 7) is 1.83. The van der Waals surface area contributed by atoms with Crippen LogP contribution in [0.25, 0.3) is 17.1 Å². The fourth-order valence-electron chi connectivity index (χ4n) is 2.01. The van der Waals surface area contributed by atoms with Gasteiger partial charge in [0, 0.05) is 17.5 Å². The number of aryl methyl sites for hydroxylation is 1. The number of benzene rings is 1. The van der Waals surface area contributed by atoms with Crippen molar-refractivity contribution < 1.29 is 0 Å². The number of amidine groups is 1. The smallest absolute Gasteiger partial charge is 0.251 e. The van der Waals surface area contributed by atoms with Crippen molar-refractivity contribution in [2.75, 3.05) is 0 Å². The molecular weight excluding hydrogens is 264 g/mol. The van der Waals surface area contributed by atoms with E-state index in [0.717, 1.165) is 16.8 Å². The summed E-state index contributed by atoms with van der Waals surface area (Å²) in [6, 6.07) is 11.6. The van der Waals surface area contributed by atoms with Crippen LogP contribution in [0.15, 0.2) is 48.8 Å². The first-order chi connectivity index (χ1) is 10.1. The van der Waals surface area contributed by atoms with E-state index in [0.29, 0.717) is 11.6 Å². The molecule has 0 aliphatic heterocycles. The highest BCUT2D eigenvalue weighted by Crippen LogP contribution is 2.18. The standard InChI is InChI=1S/C15H14N6/c1-10-7-13(14(16)17)20-15(19-10)21-9-12(8-18-21)11-5-3-2-4-6-11/h2-9H,1H3,(H3,16,17). The maximum absolute atomic E-state index is 7.49. The molecule has 0 fully saturated rings. The summed E-state index contributed by atoms with van der Waals surface area (Å²) in [5, 5.41) is 11.8. The first-order valence-corrected chi connectivity index (χ1v) is 6.44. The normalized spacial score (nSPS) is 10.5. The number of nitrogens with zero attached hydrogens (tertiary/aromatic N) is 4. The van der Waals surface area contributed by atoms with Crippen LogP contribution in [0.3, 0.4) is 0 Å². The van der Waals surface area contributed by atoms with Crippen molar-refractivity contribution in [1.82, 2.24) is 19.7 Å². The average Bonchev–Trinajstić information content (AvgIpc) is 2.97. The summed E-state index contributed by atoms with van der Waals surface area (Å²) in [5.74, 6) is 0.319. The van der Waals surface area contributed by atoms with Gasteiger partial charge in [-0.15, -0.1) is 0 Å². The van der Waals surface area contributed by atoms with E-state index in [1.165, 1.54) is 0 Å². The van der Waals surface area contributed by atoms with E-state index >= 15 is 0 Å². The van der Waals surface area contributed by atoms with Crippen molar-refractivity contribution in [2.45, 2.75) is 6.92 Å². The molecule has 0 saturated carbocycles. The van der Waals surface area contributed by atoms with E-state index in [4.69, 9.17) is 11.1 Å². The van der Waals surface area contributed by atoms with Crippen LogP contribution < -0.4 is 5.73 Å². The van der Waals surface area contributed by atoms with Gasteiger partial charge in [-0.05, 0) is 18.6 Å². The lowest BCUT2D eigenvalue weighted by Gasteiger charge is -2.04. The van der Waals surface area contributed by atoms with Crippen LogP contribution in [0.1, 0.15) is 11.4 Å². The molecule has 6 heteroatoms. The van der Waals surface area contributed by atoms with Crippen LogP contribution in [0.4, 0.5) is 0 Å². The molecule has 3 aromatic rings. The number of rotatable bonds is 3. The van der Waals surface area contributed by atoms with E-state index in [9.17, 15) is 0 Å². The Morgan fingerprint density at radius 2 is 1.90 bits per heavy atom. The van der Waals surface area contributed by atoms with E-state index < -0.39 is 0 Å². The van der Waals surface area contributed by atoms with E-state index in [-0.39, 0.29) is 5.84 Å². The Labute approximate surface area is 121 Å². The van der Waals surface area contributed by atoms with Crippen LogP contribution in [0.5, 0.6) is 0 Å². The molecule has 3 N–H and O–H groups in total. The Hall–Kier alpha value is -3.02. The number of nitrogens with two attached hydrogens (primary N) is 1. The second-order valence-corrected chi connectivity index (χ2v) is 4.65. The molecule has 0 bridgehead atoms. The summed E-state index contributed by atoms with van der Waals surface area (Å²) >= 11 is 0. The lowest BCUT2D eigenvalue weighted by atomic mass is 10.1. The third-order valence-corrected chi connectivity index (χ3v) is 3.01. The number of hydrogen-bond acceptors (Lipinski definition) is 4. The van der Waals surface area contributed by atoms with Crippen LogP contribution in [-0.2, 0) is 0 Å². The minimum absolute atomic E-state index is 0.0859. The van der Waals surface area contributed by atoms with Crippen molar-refractivity contribution in [3.05, 3.63) is 60.2 Å². The highest BCUT2D eigenvalue weighted by atomic mass is 15.3. The van der Waals surface area contributed by atoms with Gasteiger partial charge < -0.3 is 5.73 Å². The average molecular weight is 278 g/mol. The molecule has 0 atom stereocenters. The third kappa shape index (κ3) is 2.64. The van der Waals surface area contributed by atoms with Gasteiger partial charge in [-0.25, -0.2) is 14.6 Å². The van der Waals surface area contributed by atoms with Crippen molar-refractivity contribution in [2.24, 2.45) is 5.73 Å². The molecule has 2 heterocycles. The van der Waals surface area contributed by atoms with E-state index in [1.54, 1.807) is 16.9 Å². The zero-order chi connectivity index (χ0) is 14.8. The minimum atomic E-state index is -0.0859.